The fourth-order valence-corrected chi connectivity index (χ4v) is 2.65. The molecule has 0 amide bonds. The number of aromatic nitrogens is 2. The lowest BCUT2D eigenvalue weighted by atomic mass is 10.3. The Balaban J connectivity index is 2.31. The van der Waals surface area contributed by atoms with Gasteiger partial charge in [-0.25, -0.2) is 4.98 Å². The fraction of sp³-hybridized carbons (Fsp3) is 0.455. The van der Waals surface area contributed by atoms with Gasteiger partial charge in [-0.2, -0.15) is 16.7 Å². The minimum atomic E-state index is 0.332. The molecule has 0 bridgehead atoms. The van der Waals surface area contributed by atoms with E-state index >= 15 is 0 Å². The molecule has 4 nitrogen and oxygen atoms in total. The zero-order valence-corrected chi connectivity index (χ0v) is 11.8. The maximum Gasteiger partial charge on any atom is 0.223 e. The number of nitrogen functional groups attached to an aromatic ring is 1. The molecule has 3 N–H and O–H groups in total. The van der Waals surface area contributed by atoms with Gasteiger partial charge in [-0.05, 0) is 19.2 Å². The van der Waals surface area contributed by atoms with Crippen LogP contribution in [0, 0.1) is 6.92 Å². The van der Waals surface area contributed by atoms with Gasteiger partial charge in [-0.3, -0.25) is 0 Å². The predicted molar refractivity (Wildman–Crippen MR) is 78.0 cm³/mol. The molecule has 17 heavy (non-hydrogen) atoms. The predicted octanol–water partition coefficient (Wildman–Crippen LogP) is 2.75. The third-order valence-corrected chi connectivity index (χ3v) is 4.41. The van der Waals surface area contributed by atoms with E-state index in [2.05, 4.69) is 41.5 Å². The summed E-state index contributed by atoms with van der Waals surface area (Å²) in [6.45, 7) is 5.12. The molecule has 0 saturated carbocycles. The van der Waals surface area contributed by atoms with Crippen LogP contribution in [-0.2, 0) is 0 Å². The molecular weight excluding hydrogens is 252 g/mol. The first-order valence-corrected chi connectivity index (χ1v) is 7.51. The zero-order chi connectivity index (χ0) is 12.4. The molecule has 92 valence electrons. The Bertz CT molecular complexity index is 523. The summed E-state index contributed by atoms with van der Waals surface area (Å²) in [5, 5.41) is 4.95. The van der Waals surface area contributed by atoms with Crippen molar-refractivity contribution in [1.29, 1.82) is 0 Å². The van der Waals surface area contributed by atoms with E-state index in [9.17, 15) is 0 Å². The summed E-state index contributed by atoms with van der Waals surface area (Å²) >= 11 is 3.47. The van der Waals surface area contributed by atoms with Crippen molar-refractivity contribution in [3.8, 4) is 0 Å². The Kier molecular flexibility index (Phi) is 3.73. The summed E-state index contributed by atoms with van der Waals surface area (Å²) in [5.41, 5.74) is 5.71. The zero-order valence-electron chi connectivity index (χ0n) is 10.2. The second kappa shape index (κ2) is 5.10. The molecule has 0 aliphatic carbocycles. The van der Waals surface area contributed by atoms with E-state index < -0.39 is 0 Å². The molecule has 6 heteroatoms. The normalized spacial score (nSPS) is 12.9. The van der Waals surface area contributed by atoms with Gasteiger partial charge in [0.25, 0.3) is 0 Å². The van der Waals surface area contributed by atoms with Crippen LogP contribution in [0.4, 0.5) is 11.8 Å². The summed E-state index contributed by atoms with van der Waals surface area (Å²) < 4.78 is 0. The van der Waals surface area contributed by atoms with Gasteiger partial charge in [0.1, 0.15) is 10.6 Å². The van der Waals surface area contributed by atoms with Gasteiger partial charge in [0, 0.05) is 16.7 Å². The third-order valence-electron chi connectivity index (χ3n) is 2.49. The molecule has 2 aromatic heterocycles. The number of nitrogens with two attached hydrogens (primary N) is 1. The van der Waals surface area contributed by atoms with E-state index in [0.29, 0.717) is 11.2 Å². The van der Waals surface area contributed by atoms with Gasteiger partial charge >= 0.3 is 0 Å². The molecule has 0 aliphatic heterocycles. The minimum absolute atomic E-state index is 0.332. The van der Waals surface area contributed by atoms with Crippen LogP contribution in [0.3, 0.4) is 0 Å². The number of hydrogen-bond acceptors (Lipinski definition) is 6. The molecule has 0 aromatic carbocycles. The van der Waals surface area contributed by atoms with Crippen molar-refractivity contribution in [1.82, 2.24) is 9.97 Å². The summed E-state index contributed by atoms with van der Waals surface area (Å²) in [5.74, 6) is 1.18. The van der Waals surface area contributed by atoms with Crippen molar-refractivity contribution in [3.05, 3.63) is 10.9 Å². The van der Waals surface area contributed by atoms with E-state index in [1.165, 1.54) is 4.88 Å². The molecule has 2 heterocycles. The smallest absolute Gasteiger partial charge is 0.223 e. The molecule has 0 spiro atoms. The van der Waals surface area contributed by atoms with Crippen LogP contribution in [0.1, 0.15) is 11.8 Å². The van der Waals surface area contributed by atoms with E-state index in [4.69, 9.17) is 5.73 Å². The van der Waals surface area contributed by atoms with Gasteiger partial charge in [0.15, 0.2) is 0 Å². The Morgan fingerprint density at radius 1 is 1.53 bits per heavy atom. The molecule has 0 aliphatic rings. The first-order chi connectivity index (χ1) is 8.10. The molecule has 0 radical (unpaired) electrons. The van der Waals surface area contributed by atoms with Gasteiger partial charge < -0.3 is 11.1 Å². The minimum Gasteiger partial charge on any atom is -0.368 e. The average Bonchev–Trinajstić information content (AvgIpc) is 2.65. The largest absolute Gasteiger partial charge is 0.368 e. The van der Waals surface area contributed by atoms with Crippen molar-refractivity contribution >= 4 is 45.1 Å². The lowest BCUT2D eigenvalue weighted by molar-refractivity contribution is 0.993. The highest BCUT2D eigenvalue weighted by Crippen LogP contribution is 2.29. The van der Waals surface area contributed by atoms with Crippen molar-refractivity contribution in [2.24, 2.45) is 0 Å². The Morgan fingerprint density at radius 3 is 3.00 bits per heavy atom. The highest BCUT2D eigenvalue weighted by atomic mass is 32.2. The highest BCUT2D eigenvalue weighted by molar-refractivity contribution is 7.99. The standard InChI is InChI=1S/C11H16N4S2/c1-6-4-8-9(13-5-7(2)16-3)14-11(12)15-10(8)17-6/h4,7H,5H2,1-3H3,(H3,12,13,14,15). The molecule has 0 fully saturated rings. The Morgan fingerprint density at radius 2 is 2.29 bits per heavy atom. The van der Waals surface area contributed by atoms with Crippen molar-refractivity contribution in [2.45, 2.75) is 19.1 Å². The van der Waals surface area contributed by atoms with Crippen LogP contribution >= 0.6 is 23.1 Å². The number of fused-ring (bicyclic) bond motifs is 1. The van der Waals surface area contributed by atoms with Crippen LogP contribution in [0.2, 0.25) is 0 Å². The van der Waals surface area contributed by atoms with Crippen LogP contribution in [0.25, 0.3) is 10.2 Å². The summed E-state index contributed by atoms with van der Waals surface area (Å²) in [6, 6.07) is 2.10. The van der Waals surface area contributed by atoms with Crippen LogP contribution in [0.5, 0.6) is 0 Å². The molecule has 2 rings (SSSR count). The van der Waals surface area contributed by atoms with Crippen LogP contribution < -0.4 is 11.1 Å². The SMILES string of the molecule is CSC(C)CNc1nc(N)nc2sc(C)cc12. The number of anilines is 2. The molecule has 1 atom stereocenters. The summed E-state index contributed by atoms with van der Waals surface area (Å²) in [4.78, 5) is 10.7. The lowest BCUT2D eigenvalue weighted by Gasteiger charge is -2.11. The van der Waals surface area contributed by atoms with Gasteiger partial charge in [0.05, 0.1) is 5.39 Å². The lowest BCUT2D eigenvalue weighted by Crippen LogP contribution is -2.14. The number of hydrogen-bond donors (Lipinski definition) is 2. The van der Waals surface area contributed by atoms with Gasteiger partial charge in [-0.15, -0.1) is 11.3 Å². The van der Waals surface area contributed by atoms with Crippen molar-refractivity contribution in [3.63, 3.8) is 0 Å². The van der Waals surface area contributed by atoms with Crippen LogP contribution in [0.15, 0.2) is 6.07 Å². The van der Waals surface area contributed by atoms with Gasteiger partial charge in [-0.1, -0.05) is 6.92 Å². The van der Waals surface area contributed by atoms with Crippen LogP contribution in [-0.4, -0.2) is 28.0 Å². The number of thiophene rings is 1. The third kappa shape index (κ3) is 2.81. The number of rotatable bonds is 4. The molecular formula is C11H16N4S2. The molecule has 1 unspecified atom stereocenters. The quantitative estimate of drug-likeness (QED) is 0.892. The first kappa shape index (κ1) is 12.4. The van der Waals surface area contributed by atoms with E-state index in [0.717, 1.165) is 22.6 Å². The average molecular weight is 268 g/mol. The maximum atomic E-state index is 5.71. The molecule has 0 saturated heterocycles. The maximum absolute atomic E-state index is 5.71. The number of thioether (sulfide) groups is 1. The van der Waals surface area contributed by atoms with E-state index in [1.54, 1.807) is 11.3 Å². The number of nitrogens with one attached hydrogen (secondary N) is 1. The second-order valence-corrected chi connectivity index (χ2v) is 6.44. The Labute approximate surface area is 109 Å². The monoisotopic (exact) mass is 268 g/mol. The first-order valence-electron chi connectivity index (χ1n) is 5.40. The summed E-state index contributed by atoms with van der Waals surface area (Å²) in [6.07, 6.45) is 2.10. The van der Waals surface area contributed by atoms with Gasteiger partial charge in [0.2, 0.25) is 5.95 Å². The number of nitrogens with zero attached hydrogens (tertiary/aromatic N) is 2. The van der Waals surface area contributed by atoms with E-state index in [-0.39, 0.29) is 0 Å². The van der Waals surface area contributed by atoms with Crippen molar-refractivity contribution < 1.29 is 0 Å². The summed E-state index contributed by atoms with van der Waals surface area (Å²) in [7, 11) is 0. The Hall–Kier alpha value is -1.01. The van der Waals surface area contributed by atoms with E-state index in [1.807, 2.05) is 11.8 Å². The molecule has 2 aromatic rings. The number of aryl methyl sites for hydroxylation is 1. The van der Waals surface area contributed by atoms with Crippen molar-refractivity contribution in [2.75, 3.05) is 23.9 Å². The fourth-order valence-electron chi connectivity index (χ4n) is 1.52. The second-order valence-electron chi connectivity index (χ2n) is 3.93. The topological polar surface area (TPSA) is 63.8 Å². The highest BCUT2D eigenvalue weighted by Gasteiger charge is 2.09.